The van der Waals surface area contributed by atoms with E-state index in [2.05, 4.69) is 39.0 Å². The van der Waals surface area contributed by atoms with Gasteiger partial charge in [0.2, 0.25) is 17.8 Å². The zero-order valence-electron chi connectivity index (χ0n) is 10.5. The Hall–Kier alpha value is -1.59. The lowest BCUT2D eigenvalue weighted by molar-refractivity contribution is 0.443. The van der Waals surface area contributed by atoms with Gasteiger partial charge in [0.25, 0.3) is 0 Å². The Balaban J connectivity index is 2.15. The molecule has 0 amide bonds. The summed E-state index contributed by atoms with van der Waals surface area (Å²) >= 11 is 0. The Labute approximate surface area is 102 Å². The lowest BCUT2D eigenvalue weighted by Crippen LogP contribution is -2.30. The van der Waals surface area contributed by atoms with Crippen LogP contribution in [0.2, 0.25) is 0 Å². The molecule has 0 bridgehead atoms. The van der Waals surface area contributed by atoms with Crippen LogP contribution in [0.15, 0.2) is 0 Å². The van der Waals surface area contributed by atoms with Crippen LogP contribution >= 0.6 is 0 Å². The van der Waals surface area contributed by atoms with Crippen LogP contribution in [0.5, 0.6) is 0 Å². The number of anilines is 3. The maximum atomic E-state index is 5.71. The molecule has 2 rings (SSSR count). The highest BCUT2D eigenvalue weighted by molar-refractivity contribution is 5.42. The summed E-state index contributed by atoms with van der Waals surface area (Å²) in [6, 6.07) is 0.501. The fourth-order valence-corrected chi connectivity index (χ4v) is 1.83. The zero-order valence-corrected chi connectivity index (χ0v) is 10.5. The van der Waals surface area contributed by atoms with Gasteiger partial charge in [-0.15, -0.1) is 0 Å². The normalized spacial score (nSPS) is 15.4. The second-order valence-corrected chi connectivity index (χ2v) is 4.26. The Morgan fingerprint density at radius 1 is 1.24 bits per heavy atom. The molecule has 0 saturated heterocycles. The monoisotopic (exact) mass is 236 g/mol. The van der Waals surface area contributed by atoms with E-state index in [0.29, 0.717) is 17.9 Å². The quantitative estimate of drug-likeness (QED) is 0.801. The van der Waals surface area contributed by atoms with E-state index < -0.39 is 0 Å². The van der Waals surface area contributed by atoms with Crippen LogP contribution in [0.4, 0.5) is 17.8 Å². The van der Waals surface area contributed by atoms with Gasteiger partial charge >= 0.3 is 0 Å². The van der Waals surface area contributed by atoms with E-state index in [0.717, 1.165) is 13.1 Å². The fraction of sp³-hybridized carbons (Fsp3) is 0.727. The molecule has 1 heterocycles. The van der Waals surface area contributed by atoms with Crippen molar-refractivity contribution in [3.8, 4) is 0 Å². The first-order valence-corrected chi connectivity index (χ1v) is 6.26. The second kappa shape index (κ2) is 5.16. The first-order chi connectivity index (χ1) is 8.22. The van der Waals surface area contributed by atoms with E-state index in [-0.39, 0.29) is 5.95 Å². The van der Waals surface area contributed by atoms with Gasteiger partial charge in [-0.25, -0.2) is 0 Å². The summed E-state index contributed by atoms with van der Waals surface area (Å²) in [6.07, 6.45) is 3.65. The van der Waals surface area contributed by atoms with Crippen LogP contribution in [0.25, 0.3) is 0 Å². The molecule has 0 atom stereocenters. The van der Waals surface area contributed by atoms with Crippen molar-refractivity contribution in [2.24, 2.45) is 0 Å². The molecule has 0 spiro atoms. The van der Waals surface area contributed by atoms with Crippen LogP contribution < -0.4 is 16.0 Å². The SMILES string of the molecule is CCN(CC)c1nc(N)nc(NC2CCC2)n1. The molecule has 1 aliphatic rings. The Morgan fingerprint density at radius 3 is 2.47 bits per heavy atom. The minimum atomic E-state index is 0.281. The first kappa shape index (κ1) is 11.9. The van der Waals surface area contributed by atoms with Gasteiger partial charge in [0.05, 0.1) is 0 Å². The predicted octanol–water partition coefficient (Wildman–Crippen LogP) is 1.26. The summed E-state index contributed by atoms with van der Waals surface area (Å²) in [5.41, 5.74) is 5.71. The summed E-state index contributed by atoms with van der Waals surface area (Å²) in [6.45, 7) is 5.87. The number of nitrogens with zero attached hydrogens (tertiary/aromatic N) is 4. The van der Waals surface area contributed by atoms with Crippen molar-refractivity contribution in [2.75, 3.05) is 29.0 Å². The molecule has 3 N–H and O–H groups in total. The third-order valence-corrected chi connectivity index (χ3v) is 3.13. The fourth-order valence-electron chi connectivity index (χ4n) is 1.83. The van der Waals surface area contributed by atoms with Gasteiger partial charge in [-0.1, -0.05) is 0 Å². The minimum absolute atomic E-state index is 0.281. The maximum Gasteiger partial charge on any atom is 0.231 e. The topological polar surface area (TPSA) is 80.0 Å². The van der Waals surface area contributed by atoms with E-state index in [1.807, 2.05) is 0 Å². The molecule has 6 heteroatoms. The molecule has 1 aromatic rings. The molecule has 0 unspecified atom stereocenters. The summed E-state index contributed by atoms with van der Waals surface area (Å²) < 4.78 is 0. The van der Waals surface area contributed by atoms with Crippen LogP contribution in [0.3, 0.4) is 0 Å². The van der Waals surface area contributed by atoms with Gasteiger partial charge in [-0.3, -0.25) is 0 Å². The summed E-state index contributed by atoms with van der Waals surface area (Å²) in [7, 11) is 0. The Kier molecular flexibility index (Phi) is 3.61. The molecular weight excluding hydrogens is 216 g/mol. The van der Waals surface area contributed by atoms with Crippen molar-refractivity contribution >= 4 is 17.8 Å². The van der Waals surface area contributed by atoms with Gasteiger partial charge in [0.15, 0.2) is 0 Å². The Bertz CT molecular complexity index is 372. The maximum absolute atomic E-state index is 5.71. The second-order valence-electron chi connectivity index (χ2n) is 4.26. The molecule has 0 aliphatic heterocycles. The summed E-state index contributed by atoms with van der Waals surface area (Å²) in [5.74, 6) is 1.54. The highest BCUT2D eigenvalue weighted by atomic mass is 15.3. The van der Waals surface area contributed by atoms with Gasteiger partial charge < -0.3 is 16.0 Å². The largest absolute Gasteiger partial charge is 0.368 e. The van der Waals surface area contributed by atoms with Crippen molar-refractivity contribution in [3.63, 3.8) is 0 Å². The number of nitrogens with one attached hydrogen (secondary N) is 1. The molecular formula is C11H20N6. The van der Waals surface area contributed by atoms with Gasteiger partial charge in [0, 0.05) is 19.1 Å². The summed E-state index contributed by atoms with van der Waals surface area (Å²) in [4.78, 5) is 14.8. The first-order valence-electron chi connectivity index (χ1n) is 6.26. The zero-order chi connectivity index (χ0) is 12.3. The average molecular weight is 236 g/mol. The lowest BCUT2D eigenvalue weighted by Gasteiger charge is -2.27. The number of nitrogens with two attached hydrogens (primary N) is 1. The van der Waals surface area contributed by atoms with E-state index in [9.17, 15) is 0 Å². The molecule has 0 radical (unpaired) electrons. The predicted molar refractivity (Wildman–Crippen MR) is 69.1 cm³/mol. The van der Waals surface area contributed by atoms with E-state index in [1.165, 1.54) is 19.3 Å². The minimum Gasteiger partial charge on any atom is -0.368 e. The smallest absolute Gasteiger partial charge is 0.231 e. The van der Waals surface area contributed by atoms with E-state index >= 15 is 0 Å². The highest BCUT2D eigenvalue weighted by Crippen LogP contribution is 2.22. The molecule has 17 heavy (non-hydrogen) atoms. The van der Waals surface area contributed by atoms with E-state index in [1.54, 1.807) is 0 Å². The van der Waals surface area contributed by atoms with Gasteiger partial charge in [-0.2, -0.15) is 15.0 Å². The van der Waals surface area contributed by atoms with Crippen LogP contribution in [-0.2, 0) is 0 Å². The van der Waals surface area contributed by atoms with Crippen molar-refractivity contribution in [3.05, 3.63) is 0 Å². The van der Waals surface area contributed by atoms with Crippen LogP contribution in [0, 0.1) is 0 Å². The number of hydrogen-bond donors (Lipinski definition) is 2. The van der Waals surface area contributed by atoms with Gasteiger partial charge in [0.1, 0.15) is 0 Å². The lowest BCUT2D eigenvalue weighted by atomic mass is 9.93. The third kappa shape index (κ3) is 2.75. The molecule has 1 aliphatic carbocycles. The van der Waals surface area contributed by atoms with Crippen molar-refractivity contribution < 1.29 is 0 Å². The average Bonchev–Trinajstić information content (AvgIpc) is 2.25. The number of hydrogen-bond acceptors (Lipinski definition) is 6. The number of nitrogen functional groups attached to an aromatic ring is 1. The van der Waals surface area contributed by atoms with Crippen molar-refractivity contribution in [1.82, 2.24) is 15.0 Å². The molecule has 0 aromatic carbocycles. The Morgan fingerprint density at radius 2 is 1.94 bits per heavy atom. The van der Waals surface area contributed by atoms with Gasteiger partial charge in [-0.05, 0) is 33.1 Å². The van der Waals surface area contributed by atoms with Crippen LogP contribution in [0.1, 0.15) is 33.1 Å². The van der Waals surface area contributed by atoms with Crippen molar-refractivity contribution in [1.29, 1.82) is 0 Å². The van der Waals surface area contributed by atoms with E-state index in [4.69, 9.17) is 5.73 Å². The highest BCUT2D eigenvalue weighted by Gasteiger charge is 2.19. The summed E-state index contributed by atoms with van der Waals surface area (Å²) in [5, 5.41) is 3.29. The number of rotatable bonds is 5. The molecule has 1 fully saturated rings. The standard InChI is InChI=1S/C11H20N6/c1-3-17(4-2)11-15-9(12)14-10(16-11)13-8-6-5-7-8/h8H,3-7H2,1-2H3,(H3,12,13,14,15,16). The van der Waals surface area contributed by atoms with Crippen molar-refractivity contribution in [2.45, 2.75) is 39.2 Å². The molecule has 1 aromatic heterocycles. The molecule has 6 nitrogen and oxygen atoms in total. The molecule has 1 saturated carbocycles. The van der Waals surface area contributed by atoms with Crippen LogP contribution in [-0.4, -0.2) is 34.1 Å². The number of aromatic nitrogens is 3. The third-order valence-electron chi connectivity index (χ3n) is 3.13. The molecule has 94 valence electrons.